The highest BCUT2D eigenvalue weighted by molar-refractivity contribution is 7.92. The molecule has 4 rings (SSSR count). The van der Waals surface area contributed by atoms with Crippen molar-refractivity contribution in [1.29, 1.82) is 0 Å². The summed E-state index contributed by atoms with van der Waals surface area (Å²) in [7, 11) is -4.03. The smallest absolute Gasteiger partial charge is 0.264 e. The summed E-state index contributed by atoms with van der Waals surface area (Å²) in [5.74, 6) is -0.278. The zero-order chi connectivity index (χ0) is 24.3. The van der Waals surface area contributed by atoms with Crippen LogP contribution in [0.1, 0.15) is 5.56 Å². The molecule has 34 heavy (non-hydrogen) atoms. The summed E-state index contributed by atoms with van der Waals surface area (Å²) in [6.07, 6.45) is 0. The third kappa shape index (κ3) is 5.49. The second-order valence-electron chi connectivity index (χ2n) is 8.16. The molecule has 0 aromatic heterocycles. The van der Waals surface area contributed by atoms with Crippen LogP contribution < -0.4 is 9.21 Å². The number of hydrogen-bond acceptors (Lipinski definition) is 4. The highest BCUT2D eigenvalue weighted by Crippen LogP contribution is 2.30. The first-order valence-corrected chi connectivity index (χ1v) is 13.1. The van der Waals surface area contributed by atoms with Gasteiger partial charge in [0.1, 0.15) is 6.54 Å². The highest BCUT2D eigenvalue weighted by Gasteiger charge is 2.30. The van der Waals surface area contributed by atoms with Gasteiger partial charge in [-0.25, -0.2) is 8.42 Å². The Morgan fingerprint density at radius 2 is 1.47 bits per heavy atom. The van der Waals surface area contributed by atoms with E-state index in [0.717, 1.165) is 15.6 Å². The van der Waals surface area contributed by atoms with Gasteiger partial charge in [-0.15, -0.1) is 0 Å². The lowest BCUT2D eigenvalue weighted by Gasteiger charge is -2.37. The summed E-state index contributed by atoms with van der Waals surface area (Å²) in [6, 6.07) is 21.0. The molecule has 1 fully saturated rings. The largest absolute Gasteiger partial charge is 0.368 e. The van der Waals surface area contributed by atoms with E-state index in [2.05, 4.69) is 4.90 Å². The minimum atomic E-state index is -4.03. The second-order valence-corrected chi connectivity index (χ2v) is 10.9. The van der Waals surface area contributed by atoms with Gasteiger partial charge in [0.15, 0.2) is 0 Å². The fourth-order valence-electron chi connectivity index (χ4n) is 3.91. The number of piperazine rings is 1. The Hall–Kier alpha value is -2.74. The van der Waals surface area contributed by atoms with Crippen LogP contribution in [-0.4, -0.2) is 51.9 Å². The SMILES string of the molecule is Cc1ccc(S(=O)(=O)N(CC(=O)N2CCN(c3ccccc3)CC2)c2cc(Cl)cc(Cl)c2)cc1. The van der Waals surface area contributed by atoms with Crippen LogP contribution in [-0.2, 0) is 14.8 Å². The molecule has 1 aliphatic heterocycles. The normalized spacial score (nSPS) is 14.2. The van der Waals surface area contributed by atoms with Crippen LogP contribution in [0.3, 0.4) is 0 Å². The van der Waals surface area contributed by atoms with Crippen molar-refractivity contribution in [2.24, 2.45) is 0 Å². The number of aryl methyl sites for hydroxylation is 1. The first kappa shape index (κ1) is 24.4. The molecule has 0 atom stereocenters. The van der Waals surface area contributed by atoms with E-state index >= 15 is 0 Å². The molecule has 0 N–H and O–H groups in total. The number of carbonyl (C=O) groups excluding carboxylic acids is 1. The van der Waals surface area contributed by atoms with Gasteiger partial charge in [0.25, 0.3) is 10.0 Å². The van der Waals surface area contributed by atoms with Gasteiger partial charge >= 0.3 is 0 Å². The van der Waals surface area contributed by atoms with Gasteiger partial charge in [0.05, 0.1) is 10.6 Å². The maximum absolute atomic E-state index is 13.6. The molecule has 3 aromatic rings. The number of amides is 1. The molecule has 0 radical (unpaired) electrons. The van der Waals surface area contributed by atoms with E-state index < -0.39 is 10.0 Å². The van der Waals surface area contributed by atoms with Crippen molar-refractivity contribution in [1.82, 2.24) is 4.90 Å². The van der Waals surface area contributed by atoms with E-state index in [1.807, 2.05) is 37.3 Å². The summed E-state index contributed by atoms with van der Waals surface area (Å²) in [5, 5.41) is 0.575. The van der Waals surface area contributed by atoms with Crippen LogP contribution in [0.5, 0.6) is 0 Å². The van der Waals surface area contributed by atoms with Crippen molar-refractivity contribution in [3.63, 3.8) is 0 Å². The lowest BCUT2D eigenvalue weighted by atomic mass is 10.2. The number of nitrogens with zero attached hydrogens (tertiary/aromatic N) is 3. The van der Waals surface area contributed by atoms with Crippen LogP contribution in [0, 0.1) is 6.92 Å². The third-order valence-electron chi connectivity index (χ3n) is 5.78. The fraction of sp³-hybridized carbons (Fsp3) is 0.240. The molecule has 0 aliphatic carbocycles. The van der Waals surface area contributed by atoms with Gasteiger partial charge in [-0.2, -0.15) is 0 Å². The highest BCUT2D eigenvalue weighted by atomic mass is 35.5. The molecule has 0 spiro atoms. The molecule has 178 valence electrons. The Kier molecular flexibility index (Phi) is 7.36. The summed E-state index contributed by atoms with van der Waals surface area (Å²) in [4.78, 5) is 17.3. The summed E-state index contributed by atoms with van der Waals surface area (Å²) >= 11 is 12.3. The first-order chi connectivity index (χ1) is 16.2. The number of carbonyl (C=O) groups is 1. The Morgan fingerprint density at radius 3 is 2.06 bits per heavy atom. The zero-order valence-corrected chi connectivity index (χ0v) is 21.0. The van der Waals surface area contributed by atoms with Gasteiger partial charge < -0.3 is 9.80 Å². The van der Waals surface area contributed by atoms with Crippen molar-refractivity contribution in [2.45, 2.75) is 11.8 Å². The molecule has 1 heterocycles. The van der Waals surface area contributed by atoms with Crippen molar-refractivity contribution in [2.75, 3.05) is 41.9 Å². The predicted molar refractivity (Wildman–Crippen MR) is 137 cm³/mol. The maximum atomic E-state index is 13.6. The van der Waals surface area contributed by atoms with Gasteiger partial charge in [-0.1, -0.05) is 59.1 Å². The number of rotatable bonds is 6. The average molecular weight is 518 g/mol. The molecular weight excluding hydrogens is 493 g/mol. The summed E-state index contributed by atoms with van der Waals surface area (Å²) < 4.78 is 28.3. The molecule has 3 aromatic carbocycles. The lowest BCUT2D eigenvalue weighted by molar-refractivity contribution is -0.129. The Balaban J connectivity index is 1.57. The van der Waals surface area contributed by atoms with Crippen LogP contribution in [0.4, 0.5) is 11.4 Å². The fourth-order valence-corrected chi connectivity index (χ4v) is 5.82. The summed E-state index contributed by atoms with van der Waals surface area (Å²) in [6.45, 7) is 3.87. The number of sulfonamides is 1. The van der Waals surface area contributed by atoms with Crippen molar-refractivity contribution < 1.29 is 13.2 Å². The van der Waals surface area contributed by atoms with Crippen LogP contribution in [0.2, 0.25) is 10.0 Å². The van der Waals surface area contributed by atoms with E-state index in [-0.39, 0.29) is 33.1 Å². The maximum Gasteiger partial charge on any atom is 0.264 e. The van der Waals surface area contributed by atoms with Crippen LogP contribution in [0.25, 0.3) is 0 Å². The van der Waals surface area contributed by atoms with Gasteiger partial charge in [-0.05, 0) is 49.4 Å². The molecule has 1 amide bonds. The number of para-hydroxylation sites is 1. The minimum Gasteiger partial charge on any atom is -0.368 e. The topological polar surface area (TPSA) is 60.9 Å². The van der Waals surface area contributed by atoms with Crippen molar-refractivity contribution >= 4 is 50.5 Å². The molecule has 0 bridgehead atoms. The Morgan fingerprint density at radius 1 is 0.882 bits per heavy atom. The minimum absolute atomic E-state index is 0.0934. The quantitative estimate of drug-likeness (QED) is 0.469. The van der Waals surface area contributed by atoms with E-state index in [4.69, 9.17) is 23.2 Å². The molecule has 0 saturated carbocycles. The molecule has 0 unspecified atom stereocenters. The van der Waals surface area contributed by atoms with E-state index in [0.29, 0.717) is 26.2 Å². The van der Waals surface area contributed by atoms with E-state index in [1.165, 1.54) is 30.3 Å². The van der Waals surface area contributed by atoms with E-state index in [1.54, 1.807) is 17.0 Å². The second kappa shape index (κ2) is 10.3. The lowest BCUT2D eigenvalue weighted by Crippen LogP contribution is -2.52. The third-order valence-corrected chi connectivity index (χ3v) is 8.00. The zero-order valence-electron chi connectivity index (χ0n) is 18.7. The number of benzene rings is 3. The molecule has 6 nitrogen and oxygen atoms in total. The number of anilines is 2. The molecule has 9 heteroatoms. The predicted octanol–water partition coefficient (Wildman–Crippen LogP) is 4.85. The molecule has 1 aliphatic rings. The van der Waals surface area contributed by atoms with Crippen LogP contribution in [0.15, 0.2) is 77.7 Å². The van der Waals surface area contributed by atoms with Crippen molar-refractivity contribution in [3.8, 4) is 0 Å². The molecular formula is C25H25Cl2N3O3S. The van der Waals surface area contributed by atoms with Gasteiger partial charge in [-0.3, -0.25) is 9.10 Å². The average Bonchev–Trinajstić information content (AvgIpc) is 2.82. The van der Waals surface area contributed by atoms with E-state index in [9.17, 15) is 13.2 Å². The van der Waals surface area contributed by atoms with Gasteiger partial charge in [0.2, 0.25) is 5.91 Å². The number of halogens is 2. The van der Waals surface area contributed by atoms with Crippen molar-refractivity contribution in [3.05, 3.63) is 88.4 Å². The summed E-state index contributed by atoms with van der Waals surface area (Å²) in [5.41, 5.74) is 2.28. The van der Waals surface area contributed by atoms with Crippen LogP contribution >= 0.6 is 23.2 Å². The first-order valence-electron chi connectivity index (χ1n) is 10.9. The standard InChI is InChI=1S/C25H25Cl2N3O3S/c1-19-7-9-24(10-8-19)34(32,33)30(23-16-20(26)15-21(27)17-23)18-25(31)29-13-11-28(12-14-29)22-5-3-2-4-6-22/h2-10,15-17H,11-14,18H2,1H3. The monoisotopic (exact) mass is 517 g/mol. The van der Waals surface area contributed by atoms with Gasteiger partial charge in [0, 0.05) is 41.9 Å². The Labute approximate surface area is 210 Å². The number of hydrogen-bond donors (Lipinski definition) is 0. The Bertz CT molecular complexity index is 1240. The molecule has 1 saturated heterocycles.